The molecule has 4 amide bonds. The molecule has 4 heterocycles. The second-order valence-electron chi connectivity index (χ2n) is 15.4. The zero-order valence-electron chi connectivity index (χ0n) is 30.6. The van der Waals surface area contributed by atoms with Crippen molar-refractivity contribution in [1.29, 1.82) is 0 Å². The molecule has 3 N–H and O–H groups in total. The second-order valence-corrected chi connectivity index (χ2v) is 16.9. The molecule has 6 unspecified atom stereocenters. The number of aromatic hydroxyl groups is 2. The molecule has 2 aliphatic heterocycles. The molecule has 2 saturated heterocycles. The quantitative estimate of drug-likeness (QED) is 0.124. The van der Waals surface area contributed by atoms with Crippen molar-refractivity contribution in [3.05, 3.63) is 99.6 Å². The normalized spacial score (nSPS) is 25.8. The third-order valence-electron chi connectivity index (χ3n) is 12.5. The Labute approximate surface area is 329 Å². The summed E-state index contributed by atoms with van der Waals surface area (Å²) in [5, 5.41) is 36.8. The molecule has 3 aromatic carbocycles. The Kier molecular flexibility index (Phi) is 7.92. The van der Waals surface area contributed by atoms with Gasteiger partial charge in [0.1, 0.15) is 28.6 Å². The number of phenolic OH excluding ortho intramolecular Hbond substituents is 1. The molecule has 0 bridgehead atoms. The van der Waals surface area contributed by atoms with Crippen LogP contribution < -0.4 is 9.80 Å². The number of carboxylic acids is 1. The summed E-state index contributed by atoms with van der Waals surface area (Å²) in [4.78, 5) is 73.1. The number of allylic oxidation sites excluding steroid dienone is 2. The molecule has 2 aliphatic carbocycles. The number of nitrogens with zero attached hydrogens (tertiary/aromatic N) is 4. The van der Waals surface area contributed by atoms with E-state index in [1.54, 1.807) is 56.5 Å². The van der Waals surface area contributed by atoms with E-state index < -0.39 is 70.4 Å². The Bertz CT molecular complexity index is 2660. The van der Waals surface area contributed by atoms with E-state index in [1.165, 1.54) is 15.6 Å². The number of aromatic carboxylic acids is 1. The van der Waals surface area contributed by atoms with Crippen LogP contribution in [-0.2, 0) is 26.2 Å². The van der Waals surface area contributed by atoms with Crippen molar-refractivity contribution in [2.45, 2.75) is 39.5 Å². The maximum atomic E-state index is 15.1. The molecule has 4 aliphatic rings. The van der Waals surface area contributed by atoms with E-state index in [0.29, 0.717) is 27.7 Å². The zero-order chi connectivity index (χ0) is 39.7. The average molecular weight is 791 g/mol. The number of aromatic nitrogens is 2. The van der Waals surface area contributed by atoms with Crippen LogP contribution >= 0.6 is 22.9 Å². The number of amides is 4. The van der Waals surface area contributed by atoms with E-state index >= 15 is 4.79 Å². The molecule has 14 heteroatoms. The molecule has 9 rings (SSSR count). The first-order chi connectivity index (χ1) is 26.6. The van der Waals surface area contributed by atoms with Crippen LogP contribution in [0.1, 0.15) is 52.7 Å². The maximum absolute atomic E-state index is 15.1. The van der Waals surface area contributed by atoms with E-state index in [1.807, 2.05) is 31.2 Å². The van der Waals surface area contributed by atoms with Gasteiger partial charge in [-0.05, 0) is 98.0 Å². The SMILES string of the molecule is Cc1cc(C2C3=CCC4C(=O)N(c5ccc(C(=O)O)c(O)c5)C(=O)C4C3CC3C(=O)N(c4cc(-c5sc6ccc(Cl)cc6c5C)nn4C)C(=O)C32C)ccc1O. The summed E-state index contributed by atoms with van der Waals surface area (Å²) in [6, 6.07) is 16.1. The van der Waals surface area contributed by atoms with E-state index in [-0.39, 0.29) is 29.8 Å². The Morgan fingerprint density at radius 2 is 1.68 bits per heavy atom. The third-order valence-corrected chi connectivity index (χ3v) is 14.0. The molecule has 12 nitrogen and oxygen atoms in total. The van der Waals surface area contributed by atoms with E-state index in [4.69, 9.17) is 16.7 Å². The first-order valence-corrected chi connectivity index (χ1v) is 19.4. The van der Waals surface area contributed by atoms with Gasteiger partial charge in [-0.1, -0.05) is 35.4 Å². The van der Waals surface area contributed by atoms with Crippen LogP contribution in [0.3, 0.4) is 0 Å². The predicted octanol–water partition coefficient (Wildman–Crippen LogP) is 7.12. The summed E-state index contributed by atoms with van der Waals surface area (Å²) in [5.41, 5.74) is 1.98. The van der Waals surface area contributed by atoms with Gasteiger partial charge in [0.15, 0.2) is 0 Å². The highest BCUT2D eigenvalue weighted by Crippen LogP contribution is 2.64. The lowest BCUT2D eigenvalue weighted by molar-refractivity contribution is -0.131. The molecule has 0 radical (unpaired) electrons. The number of phenols is 2. The van der Waals surface area contributed by atoms with Crippen molar-refractivity contribution < 1.29 is 39.3 Å². The minimum absolute atomic E-state index is 0.0482. The summed E-state index contributed by atoms with van der Waals surface area (Å²) < 4.78 is 2.56. The standard InChI is InChI=1S/C42H35ClN4O8S/c1-18-13-20(5-11-30(18)48)35-23-9-10-25-34(39(52)46(37(25)50)22-7-8-24(40(53)54)31(49)15-22)27(23)16-28-38(51)47(41(55)42(28,35)3)33-17-29(44-45(33)4)36-19(2)26-14-21(43)6-12-32(26)56-36/h5-9,11-15,17,25,27-28,34-35,48-49H,10,16H2,1-4H3,(H,53,54). The average Bonchev–Trinajstić information content (AvgIpc) is 3.82. The number of imide groups is 2. The first-order valence-electron chi connectivity index (χ1n) is 18.2. The smallest absolute Gasteiger partial charge is 0.339 e. The number of anilines is 2. The van der Waals surface area contributed by atoms with Crippen LogP contribution in [0.25, 0.3) is 20.7 Å². The molecule has 6 atom stereocenters. The number of hydrogen-bond acceptors (Lipinski definition) is 9. The number of thiophene rings is 1. The Morgan fingerprint density at radius 3 is 2.39 bits per heavy atom. The Balaban J connectivity index is 1.14. The molecule has 2 aromatic heterocycles. The van der Waals surface area contributed by atoms with Crippen LogP contribution in [0.15, 0.2) is 72.3 Å². The van der Waals surface area contributed by atoms with Crippen molar-refractivity contribution in [3.8, 4) is 22.1 Å². The van der Waals surface area contributed by atoms with Crippen LogP contribution in [0.2, 0.25) is 5.02 Å². The number of carbonyl (C=O) groups excluding carboxylic acids is 4. The monoisotopic (exact) mass is 790 g/mol. The topological polar surface area (TPSA) is 170 Å². The highest BCUT2D eigenvalue weighted by Gasteiger charge is 2.68. The number of halogens is 1. The lowest BCUT2D eigenvalue weighted by Crippen LogP contribution is -2.49. The number of carboxylic acid groups (broad SMARTS) is 1. The van der Waals surface area contributed by atoms with Crippen LogP contribution in [0.5, 0.6) is 11.5 Å². The highest BCUT2D eigenvalue weighted by molar-refractivity contribution is 7.22. The molecule has 0 spiro atoms. The van der Waals surface area contributed by atoms with Crippen molar-refractivity contribution in [3.63, 3.8) is 0 Å². The Morgan fingerprint density at radius 1 is 0.911 bits per heavy atom. The number of fused-ring (bicyclic) bond motifs is 5. The minimum Gasteiger partial charge on any atom is -0.508 e. The molecule has 56 heavy (non-hydrogen) atoms. The largest absolute Gasteiger partial charge is 0.508 e. The predicted molar refractivity (Wildman–Crippen MR) is 209 cm³/mol. The van der Waals surface area contributed by atoms with Crippen molar-refractivity contribution in [1.82, 2.24) is 9.78 Å². The Hall–Kier alpha value is -5.79. The van der Waals surface area contributed by atoms with Crippen molar-refractivity contribution in [2.75, 3.05) is 9.80 Å². The fourth-order valence-electron chi connectivity index (χ4n) is 9.78. The second kappa shape index (κ2) is 12.4. The summed E-state index contributed by atoms with van der Waals surface area (Å²) in [6.07, 6.45) is 2.25. The van der Waals surface area contributed by atoms with Gasteiger partial charge in [-0.15, -0.1) is 11.3 Å². The molecule has 1 saturated carbocycles. The summed E-state index contributed by atoms with van der Waals surface area (Å²) >= 11 is 7.85. The van der Waals surface area contributed by atoms with Crippen molar-refractivity contribution >= 4 is 74.1 Å². The van der Waals surface area contributed by atoms with Crippen LogP contribution in [-0.4, -0.2) is 54.7 Å². The van der Waals surface area contributed by atoms with Gasteiger partial charge in [0.05, 0.1) is 33.7 Å². The molecular formula is C42H35ClN4O8S. The van der Waals surface area contributed by atoms with Gasteiger partial charge < -0.3 is 15.3 Å². The molecular weight excluding hydrogens is 756 g/mol. The van der Waals surface area contributed by atoms with Gasteiger partial charge in [-0.3, -0.25) is 23.9 Å². The lowest BCUT2D eigenvalue weighted by Gasteiger charge is -2.49. The molecule has 284 valence electrons. The summed E-state index contributed by atoms with van der Waals surface area (Å²) in [5.74, 6) is -7.25. The van der Waals surface area contributed by atoms with Gasteiger partial charge >= 0.3 is 5.97 Å². The van der Waals surface area contributed by atoms with E-state index in [9.17, 15) is 34.5 Å². The summed E-state index contributed by atoms with van der Waals surface area (Å²) in [7, 11) is 1.69. The lowest BCUT2D eigenvalue weighted by atomic mass is 9.51. The zero-order valence-corrected chi connectivity index (χ0v) is 32.2. The third kappa shape index (κ3) is 4.89. The first kappa shape index (κ1) is 35.9. The van der Waals surface area contributed by atoms with Gasteiger partial charge in [0, 0.05) is 34.8 Å². The number of rotatable bonds is 5. The fourth-order valence-corrected chi connectivity index (χ4v) is 11.1. The molecule has 3 fully saturated rings. The molecule has 5 aromatic rings. The minimum atomic E-state index is -1.36. The number of benzene rings is 3. The highest BCUT2D eigenvalue weighted by atomic mass is 35.5. The van der Waals surface area contributed by atoms with Crippen LogP contribution in [0, 0.1) is 42.9 Å². The van der Waals surface area contributed by atoms with E-state index in [0.717, 1.165) is 43.1 Å². The number of hydrogen-bond donors (Lipinski definition) is 3. The summed E-state index contributed by atoms with van der Waals surface area (Å²) in [6.45, 7) is 5.53. The van der Waals surface area contributed by atoms with Crippen LogP contribution in [0.4, 0.5) is 11.5 Å². The number of carbonyl (C=O) groups is 5. The van der Waals surface area contributed by atoms with Gasteiger partial charge in [0.25, 0.3) is 0 Å². The number of aryl methyl sites for hydroxylation is 3. The van der Waals surface area contributed by atoms with E-state index in [2.05, 4.69) is 0 Å². The van der Waals surface area contributed by atoms with Crippen molar-refractivity contribution in [2.24, 2.45) is 36.1 Å². The van der Waals surface area contributed by atoms with Gasteiger partial charge in [0.2, 0.25) is 23.6 Å². The van der Waals surface area contributed by atoms with Gasteiger partial charge in [-0.25, -0.2) is 14.6 Å². The maximum Gasteiger partial charge on any atom is 0.339 e. The van der Waals surface area contributed by atoms with Gasteiger partial charge in [-0.2, -0.15) is 5.10 Å². The fraction of sp³-hybridized carbons (Fsp3) is 0.286.